The molecule has 1 nitrogen and oxygen atoms in total. The van der Waals surface area contributed by atoms with Crippen molar-refractivity contribution in [2.75, 3.05) is 0 Å². The topological polar surface area (TPSA) is 12.0 Å². The van der Waals surface area contributed by atoms with Crippen LogP contribution in [-0.4, -0.2) is 6.04 Å². The monoisotopic (exact) mass is 273 g/mol. The Hall–Kier alpha value is -0.820. The van der Waals surface area contributed by atoms with E-state index in [0.717, 1.165) is 5.92 Å². The minimum absolute atomic E-state index is 0.329. The molecule has 2 unspecified atom stereocenters. The summed E-state index contributed by atoms with van der Waals surface area (Å²) in [6.07, 6.45) is 5.13. The van der Waals surface area contributed by atoms with Crippen LogP contribution >= 0.6 is 0 Å². The Labute approximate surface area is 125 Å². The van der Waals surface area contributed by atoms with E-state index in [4.69, 9.17) is 0 Å². The first-order chi connectivity index (χ1) is 9.40. The number of benzene rings is 1. The van der Waals surface area contributed by atoms with Crippen LogP contribution in [0.3, 0.4) is 0 Å². The molecule has 0 saturated heterocycles. The Balaban J connectivity index is 2.07. The molecule has 0 radical (unpaired) electrons. The van der Waals surface area contributed by atoms with Crippen molar-refractivity contribution in [3.05, 3.63) is 35.4 Å². The lowest BCUT2D eigenvalue weighted by molar-refractivity contribution is 0.325. The van der Waals surface area contributed by atoms with E-state index in [0.29, 0.717) is 17.5 Å². The zero-order chi connectivity index (χ0) is 14.8. The normalized spacial score (nSPS) is 22.6. The van der Waals surface area contributed by atoms with Crippen molar-refractivity contribution in [2.24, 2.45) is 5.92 Å². The summed E-state index contributed by atoms with van der Waals surface area (Å²) in [5.74, 6) is 0.803. The van der Waals surface area contributed by atoms with E-state index in [9.17, 15) is 0 Å². The Morgan fingerprint density at radius 1 is 1.15 bits per heavy atom. The van der Waals surface area contributed by atoms with Crippen molar-refractivity contribution in [1.82, 2.24) is 5.32 Å². The van der Waals surface area contributed by atoms with E-state index in [1.165, 1.54) is 31.2 Å². The van der Waals surface area contributed by atoms with Gasteiger partial charge in [-0.2, -0.15) is 0 Å². The Morgan fingerprint density at radius 3 is 2.55 bits per heavy atom. The molecule has 2 rings (SSSR count). The third-order valence-electron chi connectivity index (χ3n) is 4.79. The molecule has 0 heterocycles. The summed E-state index contributed by atoms with van der Waals surface area (Å²) < 4.78 is 0. The van der Waals surface area contributed by atoms with Crippen LogP contribution in [0.2, 0.25) is 0 Å². The maximum Gasteiger partial charge on any atom is 0.0325 e. The third kappa shape index (κ3) is 3.63. The second-order valence-electron chi connectivity index (χ2n) is 7.60. The quantitative estimate of drug-likeness (QED) is 0.776. The average molecular weight is 273 g/mol. The van der Waals surface area contributed by atoms with Crippen molar-refractivity contribution in [1.29, 1.82) is 0 Å². The van der Waals surface area contributed by atoms with Crippen LogP contribution in [0.5, 0.6) is 0 Å². The second kappa shape index (κ2) is 6.30. The van der Waals surface area contributed by atoms with Gasteiger partial charge in [-0.05, 0) is 55.1 Å². The molecule has 1 aromatic carbocycles. The van der Waals surface area contributed by atoms with Gasteiger partial charge in [0, 0.05) is 12.1 Å². The summed E-state index contributed by atoms with van der Waals surface area (Å²) in [4.78, 5) is 0. The van der Waals surface area contributed by atoms with Crippen LogP contribution in [0.25, 0.3) is 0 Å². The van der Waals surface area contributed by atoms with E-state index < -0.39 is 0 Å². The summed E-state index contributed by atoms with van der Waals surface area (Å²) in [6.45, 7) is 11.7. The molecule has 0 fully saturated rings. The number of hydrogen-bond acceptors (Lipinski definition) is 1. The lowest BCUT2D eigenvalue weighted by Gasteiger charge is -2.38. The van der Waals surface area contributed by atoms with Gasteiger partial charge in [-0.3, -0.25) is 0 Å². The predicted octanol–water partition coefficient (Wildman–Crippen LogP) is 5.21. The average Bonchev–Trinajstić information content (AvgIpc) is 2.40. The fraction of sp³-hybridized carbons (Fsp3) is 0.684. The molecule has 20 heavy (non-hydrogen) atoms. The first kappa shape index (κ1) is 15.6. The second-order valence-corrected chi connectivity index (χ2v) is 7.60. The molecule has 1 aliphatic rings. The number of hydrogen-bond donors (Lipinski definition) is 1. The molecule has 0 saturated carbocycles. The van der Waals surface area contributed by atoms with Gasteiger partial charge in [-0.1, -0.05) is 52.0 Å². The van der Waals surface area contributed by atoms with Gasteiger partial charge >= 0.3 is 0 Å². The van der Waals surface area contributed by atoms with Crippen LogP contribution in [0.15, 0.2) is 24.3 Å². The van der Waals surface area contributed by atoms with Gasteiger partial charge in [0.05, 0.1) is 0 Å². The van der Waals surface area contributed by atoms with Gasteiger partial charge in [0.15, 0.2) is 0 Å². The molecule has 0 amide bonds. The van der Waals surface area contributed by atoms with Gasteiger partial charge in [0.1, 0.15) is 0 Å². The summed E-state index contributed by atoms with van der Waals surface area (Å²) in [5, 5.41) is 3.87. The SMILES string of the molecule is CC(C)CCC(C)NC1CCC(C)(C)c2ccccc21. The maximum atomic E-state index is 3.87. The lowest BCUT2D eigenvalue weighted by Crippen LogP contribution is -2.36. The fourth-order valence-corrected chi connectivity index (χ4v) is 3.40. The standard InChI is InChI=1S/C19H31N/c1-14(2)10-11-15(3)20-18-12-13-19(4,5)17-9-7-6-8-16(17)18/h6-9,14-15,18,20H,10-13H2,1-5H3. The predicted molar refractivity (Wildman–Crippen MR) is 88.1 cm³/mol. The highest BCUT2D eigenvalue weighted by molar-refractivity contribution is 5.38. The Bertz CT molecular complexity index is 433. The van der Waals surface area contributed by atoms with Crippen molar-refractivity contribution < 1.29 is 0 Å². The van der Waals surface area contributed by atoms with E-state index >= 15 is 0 Å². The molecule has 1 aromatic rings. The third-order valence-corrected chi connectivity index (χ3v) is 4.79. The highest BCUT2D eigenvalue weighted by atomic mass is 14.9. The van der Waals surface area contributed by atoms with Gasteiger partial charge in [0.2, 0.25) is 0 Å². The lowest BCUT2D eigenvalue weighted by atomic mass is 9.71. The fourth-order valence-electron chi connectivity index (χ4n) is 3.40. The molecule has 1 aliphatic carbocycles. The molecule has 112 valence electrons. The molecule has 2 atom stereocenters. The van der Waals surface area contributed by atoms with Crippen molar-refractivity contribution in [3.63, 3.8) is 0 Å². The maximum absolute atomic E-state index is 3.87. The van der Waals surface area contributed by atoms with Gasteiger partial charge < -0.3 is 5.32 Å². The minimum atomic E-state index is 0.329. The number of rotatable bonds is 5. The van der Waals surface area contributed by atoms with Crippen molar-refractivity contribution in [2.45, 2.75) is 77.8 Å². The van der Waals surface area contributed by atoms with Crippen LogP contribution in [0.4, 0.5) is 0 Å². The largest absolute Gasteiger partial charge is 0.307 e. The summed E-state index contributed by atoms with van der Waals surface area (Å²) in [6, 6.07) is 10.2. The van der Waals surface area contributed by atoms with Crippen LogP contribution < -0.4 is 5.32 Å². The smallest absolute Gasteiger partial charge is 0.0325 e. The molecular weight excluding hydrogens is 242 g/mol. The number of fused-ring (bicyclic) bond motifs is 1. The van der Waals surface area contributed by atoms with Gasteiger partial charge in [0.25, 0.3) is 0 Å². The van der Waals surface area contributed by atoms with Crippen molar-refractivity contribution >= 4 is 0 Å². The highest BCUT2D eigenvalue weighted by Crippen LogP contribution is 2.41. The minimum Gasteiger partial charge on any atom is -0.307 e. The summed E-state index contributed by atoms with van der Waals surface area (Å²) >= 11 is 0. The van der Waals surface area contributed by atoms with Crippen LogP contribution in [0.1, 0.15) is 77.5 Å². The molecule has 0 aliphatic heterocycles. The zero-order valence-electron chi connectivity index (χ0n) is 13.9. The summed E-state index contributed by atoms with van der Waals surface area (Å²) in [7, 11) is 0. The summed E-state index contributed by atoms with van der Waals surface area (Å²) in [5.41, 5.74) is 3.40. The molecule has 0 aromatic heterocycles. The van der Waals surface area contributed by atoms with E-state index in [1.807, 2.05) is 0 Å². The van der Waals surface area contributed by atoms with E-state index in [2.05, 4.69) is 64.2 Å². The van der Waals surface area contributed by atoms with E-state index in [-0.39, 0.29) is 0 Å². The number of nitrogens with one attached hydrogen (secondary N) is 1. The zero-order valence-corrected chi connectivity index (χ0v) is 13.9. The molecular formula is C19H31N. The van der Waals surface area contributed by atoms with E-state index in [1.54, 1.807) is 5.56 Å². The molecule has 0 bridgehead atoms. The molecule has 1 N–H and O–H groups in total. The van der Waals surface area contributed by atoms with Gasteiger partial charge in [-0.15, -0.1) is 0 Å². The molecule has 0 spiro atoms. The highest BCUT2D eigenvalue weighted by Gasteiger charge is 2.32. The first-order valence-corrected chi connectivity index (χ1v) is 8.25. The molecule has 1 heteroatoms. The Kier molecular flexibility index (Phi) is 4.90. The van der Waals surface area contributed by atoms with Crippen molar-refractivity contribution in [3.8, 4) is 0 Å². The van der Waals surface area contributed by atoms with Gasteiger partial charge in [-0.25, -0.2) is 0 Å². The van der Waals surface area contributed by atoms with Crippen LogP contribution in [0, 0.1) is 5.92 Å². The Morgan fingerprint density at radius 2 is 1.85 bits per heavy atom. The van der Waals surface area contributed by atoms with Crippen LogP contribution in [-0.2, 0) is 5.41 Å². The first-order valence-electron chi connectivity index (χ1n) is 8.25.